The van der Waals surface area contributed by atoms with Gasteiger partial charge in [-0.05, 0) is 50.3 Å². The first kappa shape index (κ1) is 15.7. The molecule has 0 saturated heterocycles. The largest absolute Gasteiger partial charge is 0.255 e. The van der Waals surface area contributed by atoms with E-state index in [1.807, 2.05) is 50.2 Å². The minimum Gasteiger partial charge on any atom is -0.255 e. The molecule has 2 heterocycles. The Labute approximate surface area is 134 Å². The molecule has 6 nitrogen and oxygen atoms in total. The SMILES string of the molecule is CC(=NNC(=S)NN=C(C)c1ccccn1)c1ccccn1. The van der Waals surface area contributed by atoms with Crippen molar-refractivity contribution in [2.24, 2.45) is 10.2 Å². The molecule has 0 amide bonds. The third-order valence-corrected chi connectivity index (χ3v) is 2.90. The Morgan fingerprint density at radius 1 is 0.864 bits per heavy atom. The van der Waals surface area contributed by atoms with Gasteiger partial charge < -0.3 is 0 Å². The van der Waals surface area contributed by atoms with Crippen molar-refractivity contribution in [1.82, 2.24) is 20.8 Å². The Balaban J connectivity index is 1.91. The zero-order chi connectivity index (χ0) is 15.8. The average molecular weight is 312 g/mol. The van der Waals surface area contributed by atoms with Crippen molar-refractivity contribution in [3.63, 3.8) is 0 Å². The monoisotopic (exact) mass is 312 g/mol. The van der Waals surface area contributed by atoms with Gasteiger partial charge in [-0.15, -0.1) is 0 Å². The Hall–Kier alpha value is -2.67. The van der Waals surface area contributed by atoms with Crippen LogP contribution in [0.1, 0.15) is 25.2 Å². The molecule has 2 aromatic heterocycles. The van der Waals surface area contributed by atoms with Gasteiger partial charge in [0.15, 0.2) is 0 Å². The van der Waals surface area contributed by atoms with Crippen molar-refractivity contribution >= 4 is 28.8 Å². The number of hydrazone groups is 2. The van der Waals surface area contributed by atoms with E-state index < -0.39 is 0 Å². The molecule has 0 aliphatic heterocycles. The predicted octanol–water partition coefficient (Wildman–Crippen LogP) is 2.09. The molecular weight excluding hydrogens is 296 g/mol. The van der Waals surface area contributed by atoms with E-state index in [-0.39, 0.29) is 0 Å². The van der Waals surface area contributed by atoms with E-state index in [1.165, 1.54) is 0 Å². The minimum atomic E-state index is 0.297. The number of hydrogen-bond acceptors (Lipinski definition) is 5. The molecule has 0 aromatic carbocycles. The van der Waals surface area contributed by atoms with Crippen LogP contribution < -0.4 is 10.9 Å². The summed E-state index contributed by atoms with van der Waals surface area (Å²) < 4.78 is 0. The second kappa shape index (κ2) is 7.94. The summed E-state index contributed by atoms with van der Waals surface area (Å²) in [5, 5.41) is 8.62. The van der Waals surface area contributed by atoms with E-state index in [1.54, 1.807) is 12.4 Å². The number of aromatic nitrogens is 2. The predicted molar refractivity (Wildman–Crippen MR) is 91.8 cm³/mol. The fourth-order valence-corrected chi connectivity index (χ4v) is 1.65. The number of rotatable bonds is 4. The summed E-state index contributed by atoms with van der Waals surface area (Å²) in [5.41, 5.74) is 8.49. The molecule has 0 fully saturated rings. The second-order valence-electron chi connectivity index (χ2n) is 4.38. The van der Waals surface area contributed by atoms with Crippen LogP contribution in [-0.2, 0) is 0 Å². The highest BCUT2D eigenvalue weighted by molar-refractivity contribution is 7.80. The molecule has 22 heavy (non-hydrogen) atoms. The number of nitrogens with one attached hydrogen (secondary N) is 2. The summed E-state index contributed by atoms with van der Waals surface area (Å²) in [6, 6.07) is 11.3. The molecule has 0 aliphatic rings. The minimum absolute atomic E-state index is 0.297. The lowest BCUT2D eigenvalue weighted by atomic mass is 10.3. The summed E-state index contributed by atoms with van der Waals surface area (Å²) in [6.07, 6.45) is 3.43. The van der Waals surface area contributed by atoms with Crippen molar-refractivity contribution < 1.29 is 0 Å². The van der Waals surface area contributed by atoms with Crippen molar-refractivity contribution in [2.45, 2.75) is 13.8 Å². The third-order valence-electron chi connectivity index (χ3n) is 2.72. The molecule has 0 spiro atoms. The van der Waals surface area contributed by atoms with Crippen molar-refractivity contribution in [2.75, 3.05) is 0 Å². The zero-order valence-electron chi connectivity index (χ0n) is 12.3. The van der Waals surface area contributed by atoms with Crippen LogP contribution in [0.25, 0.3) is 0 Å². The molecule has 0 atom stereocenters. The van der Waals surface area contributed by atoms with E-state index in [9.17, 15) is 0 Å². The first-order valence-corrected chi connectivity index (χ1v) is 7.05. The van der Waals surface area contributed by atoms with Crippen LogP contribution in [0.3, 0.4) is 0 Å². The zero-order valence-corrected chi connectivity index (χ0v) is 13.1. The summed E-state index contributed by atoms with van der Waals surface area (Å²) >= 11 is 5.11. The first-order chi connectivity index (χ1) is 10.7. The summed E-state index contributed by atoms with van der Waals surface area (Å²) in [5.74, 6) is 0. The molecule has 0 aliphatic carbocycles. The Morgan fingerprint density at radius 3 is 1.68 bits per heavy atom. The molecule has 2 rings (SSSR count). The maximum absolute atomic E-state index is 5.11. The maximum atomic E-state index is 5.11. The Bertz CT molecular complexity index is 622. The van der Waals surface area contributed by atoms with Gasteiger partial charge in [0.2, 0.25) is 5.11 Å². The van der Waals surface area contributed by atoms with E-state index in [0.29, 0.717) is 5.11 Å². The molecule has 7 heteroatoms. The highest BCUT2D eigenvalue weighted by atomic mass is 32.1. The molecule has 112 valence electrons. The highest BCUT2D eigenvalue weighted by Gasteiger charge is 2.00. The molecule has 2 aromatic rings. The van der Waals surface area contributed by atoms with Crippen LogP contribution in [0.2, 0.25) is 0 Å². The van der Waals surface area contributed by atoms with Gasteiger partial charge in [0.25, 0.3) is 0 Å². The lowest BCUT2D eigenvalue weighted by Gasteiger charge is -2.05. The quantitative estimate of drug-likeness (QED) is 0.514. The van der Waals surface area contributed by atoms with Gasteiger partial charge in [0.1, 0.15) is 0 Å². The molecule has 0 unspecified atom stereocenters. The van der Waals surface area contributed by atoms with Gasteiger partial charge in [-0.25, -0.2) is 0 Å². The van der Waals surface area contributed by atoms with Gasteiger partial charge in [-0.2, -0.15) is 10.2 Å². The Morgan fingerprint density at radius 2 is 1.32 bits per heavy atom. The topological polar surface area (TPSA) is 74.6 Å². The van der Waals surface area contributed by atoms with Crippen LogP contribution >= 0.6 is 12.2 Å². The fourth-order valence-electron chi connectivity index (χ4n) is 1.56. The smallest absolute Gasteiger partial charge is 0.207 e. The van der Waals surface area contributed by atoms with Gasteiger partial charge >= 0.3 is 0 Å². The van der Waals surface area contributed by atoms with E-state index in [0.717, 1.165) is 22.8 Å². The van der Waals surface area contributed by atoms with Crippen molar-refractivity contribution in [1.29, 1.82) is 0 Å². The lowest BCUT2D eigenvalue weighted by molar-refractivity contribution is 0.922. The number of pyridine rings is 2. The first-order valence-electron chi connectivity index (χ1n) is 6.64. The third kappa shape index (κ3) is 4.71. The summed E-state index contributed by atoms with van der Waals surface area (Å²) in [7, 11) is 0. The molecular formula is C15H16N6S. The lowest BCUT2D eigenvalue weighted by Crippen LogP contribution is -2.29. The van der Waals surface area contributed by atoms with Crippen molar-refractivity contribution in [3.8, 4) is 0 Å². The van der Waals surface area contributed by atoms with Crippen LogP contribution in [0, 0.1) is 0 Å². The maximum Gasteiger partial charge on any atom is 0.207 e. The van der Waals surface area contributed by atoms with Gasteiger partial charge in [0, 0.05) is 12.4 Å². The normalized spacial score (nSPS) is 11.9. The molecule has 0 radical (unpaired) electrons. The second-order valence-corrected chi connectivity index (χ2v) is 4.79. The standard InChI is InChI=1S/C15H16N6S/c1-11(13-7-3-5-9-16-13)18-20-15(22)21-19-12(2)14-8-4-6-10-17-14/h3-10H,1-2H3,(H2,20,21,22). The highest BCUT2D eigenvalue weighted by Crippen LogP contribution is 1.96. The number of hydrogen-bond donors (Lipinski definition) is 2. The van der Waals surface area contributed by atoms with Crippen LogP contribution in [0.5, 0.6) is 0 Å². The summed E-state index contributed by atoms with van der Waals surface area (Å²) in [4.78, 5) is 8.40. The van der Waals surface area contributed by atoms with E-state index >= 15 is 0 Å². The van der Waals surface area contributed by atoms with Gasteiger partial charge in [0.05, 0.1) is 22.8 Å². The average Bonchev–Trinajstić information content (AvgIpc) is 2.59. The number of thiocarbonyl (C=S) groups is 1. The molecule has 0 saturated carbocycles. The van der Waals surface area contributed by atoms with Crippen LogP contribution in [-0.4, -0.2) is 26.5 Å². The van der Waals surface area contributed by atoms with Gasteiger partial charge in [-0.3, -0.25) is 20.8 Å². The van der Waals surface area contributed by atoms with Crippen LogP contribution in [0.4, 0.5) is 0 Å². The van der Waals surface area contributed by atoms with Crippen LogP contribution in [0.15, 0.2) is 59.0 Å². The summed E-state index contributed by atoms with van der Waals surface area (Å²) in [6.45, 7) is 3.70. The number of nitrogens with zero attached hydrogens (tertiary/aromatic N) is 4. The van der Waals surface area contributed by atoms with Gasteiger partial charge in [-0.1, -0.05) is 12.1 Å². The van der Waals surface area contributed by atoms with E-state index in [4.69, 9.17) is 12.2 Å². The van der Waals surface area contributed by atoms with Crippen molar-refractivity contribution in [3.05, 3.63) is 60.2 Å². The fraction of sp³-hybridized carbons (Fsp3) is 0.133. The Kier molecular flexibility index (Phi) is 5.67. The van der Waals surface area contributed by atoms with E-state index in [2.05, 4.69) is 31.0 Å². The molecule has 2 N–H and O–H groups in total. The molecule has 0 bridgehead atoms.